The number of nitrogens with zero attached hydrogens (tertiary/aromatic N) is 1. The quantitative estimate of drug-likeness (QED) is 0.166. The average molecular weight is 922 g/mol. The molecule has 1 nitrogen and oxygen atoms in total. The van der Waals surface area contributed by atoms with Crippen LogP contribution in [0.4, 0.5) is 17.1 Å². The van der Waals surface area contributed by atoms with Crippen LogP contribution in [0.5, 0.6) is 0 Å². The summed E-state index contributed by atoms with van der Waals surface area (Å²) in [5, 5.41) is 2.58. The van der Waals surface area contributed by atoms with Crippen LogP contribution in [0.3, 0.4) is 0 Å². The van der Waals surface area contributed by atoms with Gasteiger partial charge < -0.3 is 4.90 Å². The first-order valence-electron chi connectivity index (χ1n) is 26.7. The molecule has 0 heterocycles. The highest BCUT2D eigenvalue weighted by Gasteiger charge is 2.61. The molecule has 0 aliphatic heterocycles. The molecule has 0 atom stereocenters. The minimum absolute atomic E-state index is 0.117. The fraction of sp³-hybridized carbons (Fsp3) is 0.183. The third-order valence-electron chi connectivity index (χ3n) is 19.0. The molecule has 4 saturated carbocycles. The molecule has 10 aromatic carbocycles. The zero-order chi connectivity index (χ0) is 47.5. The second-order valence-corrected chi connectivity index (χ2v) is 22.5. The standard InChI is InChI=1S/C71H55N/c1-43-24-31-59-61(34-43)68(35-44(2)69(59)49-27-32-58-56-18-6-10-20-62(56)70(67(58)41-49)50-37-45-36-46(39-50)40-51(70)38-45)72(52-28-25-48(26-29-52)47-14-4-3-5-15-47)53-30-33-66-60(42-53)57-19-9-13-23-65(57)71(66)63-21-11-7-16-54(63)55-17-8-12-22-64(55)71/h3-35,41-42,45-46,50-51H,36-40H2,1-2H3. The molecule has 344 valence electrons. The second kappa shape index (κ2) is 14.9. The SMILES string of the molecule is Cc1ccc2c(-c3ccc4c(c3)C3(c5ccccc5-4)C4CC5CC(C4)CC3C5)c(C)cc(N(c3ccc(-c4ccccc4)cc3)c3ccc4c(c3)-c3ccccc3C43c4ccccc4-c4ccccc43)c2c1. The van der Waals surface area contributed by atoms with Crippen molar-refractivity contribution in [1.82, 2.24) is 0 Å². The lowest BCUT2D eigenvalue weighted by Crippen LogP contribution is -2.55. The Bertz CT molecular complexity index is 3840. The molecule has 7 aliphatic carbocycles. The summed E-state index contributed by atoms with van der Waals surface area (Å²) in [7, 11) is 0. The van der Waals surface area contributed by atoms with E-state index < -0.39 is 5.41 Å². The topological polar surface area (TPSA) is 3.24 Å². The van der Waals surface area contributed by atoms with E-state index in [0.29, 0.717) is 0 Å². The third kappa shape index (κ3) is 5.34. The van der Waals surface area contributed by atoms with Gasteiger partial charge in [-0.2, -0.15) is 0 Å². The summed E-state index contributed by atoms with van der Waals surface area (Å²) >= 11 is 0. The van der Waals surface area contributed by atoms with Crippen LogP contribution in [0.25, 0.3) is 66.4 Å². The van der Waals surface area contributed by atoms with Crippen LogP contribution in [0.2, 0.25) is 0 Å². The maximum absolute atomic E-state index is 2.69. The maximum Gasteiger partial charge on any atom is 0.0725 e. The van der Waals surface area contributed by atoms with Crippen molar-refractivity contribution in [3.8, 4) is 55.6 Å². The zero-order valence-electron chi connectivity index (χ0n) is 41.0. The number of rotatable bonds is 5. The highest BCUT2D eigenvalue weighted by molar-refractivity contribution is 6.09. The summed E-state index contributed by atoms with van der Waals surface area (Å²) in [6.07, 6.45) is 7.02. The van der Waals surface area contributed by atoms with Gasteiger partial charge in [0.25, 0.3) is 0 Å². The fourth-order valence-corrected chi connectivity index (χ4v) is 16.6. The number of anilines is 3. The van der Waals surface area contributed by atoms with E-state index in [4.69, 9.17) is 0 Å². The molecule has 72 heavy (non-hydrogen) atoms. The van der Waals surface area contributed by atoms with Crippen LogP contribution >= 0.6 is 0 Å². The molecule has 0 radical (unpaired) electrons. The summed E-state index contributed by atoms with van der Waals surface area (Å²) in [6, 6.07) is 81.8. The van der Waals surface area contributed by atoms with Crippen molar-refractivity contribution in [2.24, 2.45) is 23.7 Å². The third-order valence-corrected chi connectivity index (χ3v) is 19.0. The average Bonchev–Trinajstić information content (AvgIpc) is 4.01. The van der Waals surface area contributed by atoms with Crippen LogP contribution in [-0.4, -0.2) is 0 Å². The van der Waals surface area contributed by atoms with Gasteiger partial charge in [-0.25, -0.2) is 0 Å². The van der Waals surface area contributed by atoms with E-state index in [-0.39, 0.29) is 5.41 Å². The minimum Gasteiger partial charge on any atom is -0.310 e. The molecule has 0 amide bonds. The van der Waals surface area contributed by atoms with E-state index in [0.717, 1.165) is 35.0 Å². The Hall–Kier alpha value is -7.74. The molecule has 4 bridgehead atoms. The summed E-state index contributed by atoms with van der Waals surface area (Å²) in [6.45, 7) is 4.63. The fourth-order valence-electron chi connectivity index (χ4n) is 16.6. The summed E-state index contributed by atoms with van der Waals surface area (Å²) < 4.78 is 0. The largest absolute Gasteiger partial charge is 0.310 e. The van der Waals surface area contributed by atoms with Crippen LogP contribution < -0.4 is 4.90 Å². The lowest BCUT2D eigenvalue weighted by Gasteiger charge is -2.61. The van der Waals surface area contributed by atoms with E-state index in [1.165, 1.54) is 138 Å². The zero-order valence-corrected chi connectivity index (χ0v) is 41.0. The molecule has 7 aliphatic rings. The van der Waals surface area contributed by atoms with E-state index >= 15 is 0 Å². The molecule has 0 N–H and O–H groups in total. The molecular formula is C71H55N. The van der Waals surface area contributed by atoms with Crippen molar-refractivity contribution in [2.45, 2.75) is 56.8 Å². The number of benzene rings is 10. The molecule has 0 aromatic heterocycles. The van der Waals surface area contributed by atoms with Gasteiger partial charge in [0.05, 0.1) is 11.1 Å². The maximum atomic E-state index is 2.69. The molecule has 4 fully saturated rings. The Balaban J connectivity index is 0.907. The van der Waals surface area contributed by atoms with Gasteiger partial charge in [-0.1, -0.05) is 175 Å². The number of hydrogen-bond donors (Lipinski definition) is 0. The minimum atomic E-state index is -0.395. The van der Waals surface area contributed by atoms with Gasteiger partial charge in [-0.05, 0) is 212 Å². The van der Waals surface area contributed by atoms with Gasteiger partial charge in [0, 0.05) is 22.2 Å². The lowest BCUT2D eigenvalue weighted by atomic mass is 9.43. The summed E-state index contributed by atoms with van der Waals surface area (Å²) in [5.41, 5.74) is 27.8. The van der Waals surface area contributed by atoms with Crippen LogP contribution in [0.15, 0.2) is 212 Å². The van der Waals surface area contributed by atoms with Gasteiger partial charge in [0.1, 0.15) is 0 Å². The number of hydrogen-bond acceptors (Lipinski definition) is 1. The van der Waals surface area contributed by atoms with Crippen LogP contribution in [0, 0.1) is 37.5 Å². The van der Waals surface area contributed by atoms with Crippen LogP contribution in [-0.2, 0) is 10.8 Å². The van der Waals surface area contributed by atoms with Gasteiger partial charge in [0.15, 0.2) is 0 Å². The van der Waals surface area contributed by atoms with E-state index in [9.17, 15) is 0 Å². The predicted octanol–water partition coefficient (Wildman–Crippen LogP) is 18.3. The monoisotopic (exact) mass is 921 g/mol. The molecule has 10 aromatic rings. The van der Waals surface area contributed by atoms with Crippen molar-refractivity contribution in [3.05, 3.63) is 257 Å². The van der Waals surface area contributed by atoms with Crippen molar-refractivity contribution in [1.29, 1.82) is 0 Å². The highest BCUT2D eigenvalue weighted by atomic mass is 15.1. The second-order valence-electron chi connectivity index (χ2n) is 22.5. The first kappa shape index (κ1) is 40.9. The molecule has 1 heteroatoms. The molecule has 0 unspecified atom stereocenters. The van der Waals surface area contributed by atoms with Crippen molar-refractivity contribution in [3.63, 3.8) is 0 Å². The Kier molecular flexibility index (Phi) is 8.47. The first-order valence-corrected chi connectivity index (χ1v) is 26.7. The van der Waals surface area contributed by atoms with Crippen molar-refractivity contribution in [2.75, 3.05) is 4.90 Å². The molecule has 0 saturated heterocycles. The smallest absolute Gasteiger partial charge is 0.0725 e. The normalized spacial score (nSPS) is 21.6. The Labute approximate surface area is 423 Å². The van der Waals surface area contributed by atoms with E-state index in [2.05, 4.69) is 231 Å². The van der Waals surface area contributed by atoms with E-state index in [1.807, 2.05) is 0 Å². The van der Waals surface area contributed by atoms with Crippen molar-refractivity contribution >= 4 is 27.8 Å². The molecule has 17 rings (SSSR count). The predicted molar refractivity (Wildman–Crippen MR) is 299 cm³/mol. The molecular weight excluding hydrogens is 867 g/mol. The number of aryl methyl sites for hydroxylation is 2. The van der Waals surface area contributed by atoms with Crippen LogP contribution in [0.1, 0.15) is 76.6 Å². The Morgan fingerprint density at radius 1 is 0.361 bits per heavy atom. The van der Waals surface area contributed by atoms with Gasteiger partial charge in [-0.15, -0.1) is 0 Å². The van der Waals surface area contributed by atoms with E-state index in [1.54, 1.807) is 11.1 Å². The van der Waals surface area contributed by atoms with Crippen molar-refractivity contribution < 1.29 is 0 Å². The summed E-state index contributed by atoms with van der Waals surface area (Å²) in [5.74, 6) is 3.27. The van der Waals surface area contributed by atoms with Gasteiger partial charge >= 0.3 is 0 Å². The number of fused-ring (bicyclic) bond motifs is 14. The highest BCUT2D eigenvalue weighted by Crippen LogP contribution is 2.70. The lowest BCUT2D eigenvalue weighted by molar-refractivity contribution is -0.0399. The Morgan fingerprint density at radius 3 is 1.53 bits per heavy atom. The summed E-state index contributed by atoms with van der Waals surface area (Å²) in [4.78, 5) is 2.56. The van der Waals surface area contributed by atoms with Gasteiger partial charge in [0.2, 0.25) is 0 Å². The Morgan fingerprint density at radius 2 is 0.875 bits per heavy atom. The van der Waals surface area contributed by atoms with Gasteiger partial charge in [-0.3, -0.25) is 0 Å². The first-order chi connectivity index (χ1) is 35.5. The molecule has 2 spiro atoms.